The standard InChI is InChI=1S/C21H21FN4O4/c1-11-13-9-12(22)3-4-15(13)23-16(11)19(28)26-7-2-5-21(6-8-26)10-14-17(27)24-20(29)25-18(14)30-21/h3-4,9,23H,2,5-8,10H2,1H3,(H2,24,25,27,29)/t21-/m0/s1. The fraction of sp³-hybridized carbons (Fsp3) is 0.381. The molecule has 1 atom stereocenters. The van der Waals surface area contributed by atoms with Crippen molar-refractivity contribution in [2.45, 2.75) is 38.2 Å². The van der Waals surface area contributed by atoms with Crippen molar-refractivity contribution in [3.63, 3.8) is 0 Å². The first-order chi connectivity index (χ1) is 14.3. The molecule has 1 fully saturated rings. The molecule has 1 saturated heterocycles. The first kappa shape index (κ1) is 18.7. The number of hydrogen-bond donors (Lipinski definition) is 3. The molecule has 3 N–H and O–H groups in total. The fourth-order valence-corrected chi connectivity index (χ4v) is 4.63. The van der Waals surface area contributed by atoms with E-state index in [1.807, 2.05) is 6.92 Å². The van der Waals surface area contributed by atoms with Gasteiger partial charge in [-0.15, -0.1) is 0 Å². The van der Waals surface area contributed by atoms with Gasteiger partial charge in [-0.1, -0.05) is 0 Å². The van der Waals surface area contributed by atoms with Gasteiger partial charge < -0.3 is 14.6 Å². The van der Waals surface area contributed by atoms with Gasteiger partial charge in [0.1, 0.15) is 17.1 Å². The third-order valence-corrected chi connectivity index (χ3v) is 6.24. The third-order valence-electron chi connectivity index (χ3n) is 6.24. The number of nitrogens with zero attached hydrogens (tertiary/aromatic N) is 1. The van der Waals surface area contributed by atoms with E-state index in [9.17, 15) is 18.8 Å². The predicted molar refractivity (Wildman–Crippen MR) is 107 cm³/mol. The molecule has 0 saturated carbocycles. The summed E-state index contributed by atoms with van der Waals surface area (Å²) in [5, 5.41) is 0.697. The molecule has 5 rings (SSSR count). The van der Waals surface area contributed by atoms with Gasteiger partial charge in [-0.3, -0.25) is 19.6 Å². The maximum atomic E-state index is 13.6. The average molecular weight is 412 g/mol. The number of fused-ring (bicyclic) bond motifs is 2. The number of rotatable bonds is 1. The number of aryl methyl sites for hydroxylation is 1. The average Bonchev–Trinajstić information content (AvgIpc) is 3.14. The molecule has 0 bridgehead atoms. The van der Waals surface area contributed by atoms with E-state index >= 15 is 0 Å². The Morgan fingerprint density at radius 2 is 2.00 bits per heavy atom. The lowest BCUT2D eigenvalue weighted by atomic mass is 9.90. The van der Waals surface area contributed by atoms with Crippen molar-refractivity contribution in [1.82, 2.24) is 19.9 Å². The second-order valence-electron chi connectivity index (χ2n) is 8.14. The highest BCUT2D eigenvalue weighted by Gasteiger charge is 2.43. The summed E-state index contributed by atoms with van der Waals surface area (Å²) in [5.74, 6) is -0.244. The summed E-state index contributed by atoms with van der Waals surface area (Å²) in [7, 11) is 0. The SMILES string of the molecule is Cc1c(C(=O)N2CCC[C@]3(CC2)Cc2c([nH]c(=O)[nH]c2=O)O3)[nH]c2ccc(F)cc12. The quantitative estimate of drug-likeness (QED) is 0.568. The summed E-state index contributed by atoms with van der Waals surface area (Å²) in [5.41, 5.74) is 0.734. The summed E-state index contributed by atoms with van der Waals surface area (Å²) in [6, 6.07) is 4.42. The molecule has 3 aromatic rings. The highest BCUT2D eigenvalue weighted by molar-refractivity contribution is 6.00. The lowest BCUT2D eigenvalue weighted by Gasteiger charge is -2.27. The molecule has 0 aliphatic carbocycles. The zero-order valence-corrected chi connectivity index (χ0v) is 16.4. The van der Waals surface area contributed by atoms with Crippen LogP contribution in [0.25, 0.3) is 10.9 Å². The second kappa shape index (κ2) is 6.58. The molecule has 2 aliphatic rings. The number of carbonyl (C=O) groups excluding carboxylic acids is 1. The second-order valence-corrected chi connectivity index (χ2v) is 8.14. The van der Waals surface area contributed by atoms with Crippen LogP contribution in [0.4, 0.5) is 4.39 Å². The number of halogens is 1. The minimum Gasteiger partial charge on any atom is -0.471 e. The van der Waals surface area contributed by atoms with Gasteiger partial charge in [-0.25, -0.2) is 9.18 Å². The van der Waals surface area contributed by atoms with E-state index in [-0.39, 0.29) is 17.6 Å². The van der Waals surface area contributed by atoms with Crippen LogP contribution in [0.15, 0.2) is 27.8 Å². The van der Waals surface area contributed by atoms with E-state index in [2.05, 4.69) is 15.0 Å². The Labute approximate surface area is 170 Å². The highest BCUT2D eigenvalue weighted by atomic mass is 19.1. The van der Waals surface area contributed by atoms with Crippen LogP contribution in [0.2, 0.25) is 0 Å². The Kier molecular flexibility index (Phi) is 4.09. The normalized spacial score (nSPS) is 20.9. The minimum absolute atomic E-state index is 0.136. The topological polar surface area (TPSA) is 111 Å². The lowest BCUT2D eigenvalue weighted by Crippen LogP contribution is -2.37. The number of amides is 1. The predicted octanol–water partition coefficient (Wildman–Crippen LogP) is 1.99. The summed E-state index contributed by atoms with van der Waals surface area (Å²) in [4.78, 5) is 46.5. The van der Waals surface area contributed by atoms with Gasteiger partial charge in [-0.2, -0.15) is 0 Å². The van der Waals surface area contributed by atoms with E-state index in [1.54, 1.807) is 11.0 Å². The van der Waals surface area contributed by atoms with Crippen molar-refractivity contribution < 1.29 is 13.9 Å². The van der Waals surface area contributed by atoms with Gasteiger partial charge in [-0.05, 0) is 43.5 Å². The van der Waals surface area contributed by atoms with Crippen molar-refractivity contribution in [2.75, 3.05) is 13.1 Å². The fourth-order valence-electron chi connectivity index (χ4n) is 4.63. The summed E-state index contributed by atoms with van der Waals surface area (Å²) in [6.07, 6.45) is 2.32. The summed E-state index contributed by atoms with van der Waals surface area (Å²) >= 11 is 0. The van der Waals surface area contributed by atoms with E-state index < -0.39 is 16.9 Å². The molecule has 1 spiro atoms. The van der Waals surface area contributed by atoms with Gasteiger partial charge in [0.05, 0.1) is 5.56 Å². The van der Waals surface area contributed by atoms with Crippen molar-refractivity contribution in [3.8, 4) is 5.88 Å². The monoisotopic (exact) mass is 412 g/mol. The number of aromatic nitrogens is 3. The number of hydrogen-bond acceptors (Lipinski definition) is 4. The maximum Gasteiger partial charge on any atom is 0.328 e. The zero-order chi connectivity index (χ0) is 21.0. The number of carbonyl (C=O) groups is 1. The highest BCUT2D eigenvalue weighted by Crippen LogP contribution is 2.38. The molecule has 0 unspecified atom stereocenters. The van der Waals surface area contributed by atoms with Crippen molar-refractivity contribution in [1.29, 1.82) is 0 Å². The van der Waals surface area contributed by atoms with Gasteiger partial charge in [0.15, 0.2) is 0 Å². The Balaban J connectivity index is 1.38. The maximum absolute atomic E-state index is 13.6. The number of H-pyrrole nitrogens is 3. The van der Waals surface area contributed by atoms with Crippen LogP contribution in [0.5, 0.6) is 5.88 Å². The molecule has 2 aliphatic heterocycles. The number of benzene rings is 1. The molecular weight excluding hydrogens is 391 g/mol. The van der Waals surface area contributed by atoms with Crippen LogP contribution in [-0.2, 0) is 6.42 Å². The van der Waals surface area contributed by atoms with E-state index in [0.717, 1.165) is 11.1 Å². The number of aromatic amines is 3. The molecule has 1 aromatic carbocycles. The van der Waals surface area contributed by atoms with Crippen LogP contribution in [0.3, 0.4) is 0 Å². The van der Waals surface area contributed by atoms with Gasteiger partial charge in [0, 0.05) is 36.8 Å². The van der Waals surface area contributed by atoms with Crippen LogP contribution < -0.4 is 16.0 Å². The lowest BCUT2D eigenvalue weighted by molar-refractivity contribution is 0.0654. The molecular formula is C21H21FN4O4. The van der Waals surface area contributed by atoms with Crippen LogP contribution >= 0.6 is 0 Å². The number of nitrogens with one attached hydrogen (secondary N) is 3. The molecule has 4 heterocycles. The number of likely N-dealkylation sites (tertiary alicyclic amines) is 1. The van der Waals surface area contributed by atoms with Crippen LogP contribution in [0, 0.1) is 12.7 Å². The van der Waals surface area contributed by atoms with Crippen molar-refractivity contribution in [2.24, 2.45) is 0 Å². The van der Waals surface area contributed by atoms with E-state index in [0.29, 0.717) is 55.4 Å². The van der Waals surface area contributed by atoms with Crippen molar-refractivity contribution in [3.05, 3.63) is 61.7 Å². The van der Waals surface area contributed by atoms with Crippen LogP contribution in [0.1, 0.15) is 40.9 Å². The Bertz CT molecular complexity index is 1290. The molecule has 0 radical (unpaired) electrons. The first-order valence-electron chi connectivity index (χ1n) is 9.97. The van der Waals surface area contributed by atoms with Gasteiger partial charge in [0.25, 0.3) is 11.5 Å². The van der Waals surface area contributed by atoms with Gasteiger partial charge in [0.2, 0.25) is 5.88 Å². The van der Waals surface area contributed by atoms with Gasteiger partial charge >= 0.3 is 5.69 Å². The Morgan fingerprint density at radius 3 is 2.83 bits per heavy atom. The van der Waals surface area contributed by atoms with E-state index in [4.69, 9.17) is 4.74 Å². The van der Waals surface area contributed by atoms with E-state index in [1.165, 1.54) is 12.1 Å². The molecule has 1 amide bonds. The molecule has 9 heteroatoms. The van der Waals surface area contributed by atoms with Crippen molar-refractivity contribution >= 4 is 16.8 Å². The first-order valence-corrected chi connectivity index (χ1v) is 9.97. The summed E-state index contributed by atoms with van der Waals surface area (Å²) < 4.78 is 19.6. The molecule has 30 heavy (non-hydrogen) atoms. The Morgan fingerprint density at radius 1 is 1.17 bits per heavy atom. The Hall–Kier alpha value is -3.36. The molecule has 2 aromatic heterocycles. The minimum atomic E-state index is -0.604. The molecule has 156 valence electrons. The van der Waals surface area contributed by atoms with Crippen LogP contribution in [-0.4, -0.2) is 44.4 Å². The smallest absolute Gasteiger partial charge is 0.328 e. The molecule has 8 nitrogen and oxygen atoms in total. The number of ether oxygens (including phenoxy) is 1. The zero-order valence-electron chi connectivity index (χ0n) is 16.4. The third kappa shape index (κ3) is 2.92. The summed E-state index contributed by atoms with van der Waals surface area (Å²) in [6.45, 7) is 2.82. The largest absolute Gasteiger partial charge is 0.471 e.